The molecule has 1 fully saturated rings. The maximum atomic E-state index is 12.3. The first kappa shape index (κ1) is 15.2. The maximum Gasteiger partial charge on any atom is 0.0501 e. The molecule has 3 heteroatoms. The van der Waals surface area contributed by atoms with E-state index in [2.05, 4.69) is 19.2 Å². The molecule has 0 aromatic carbocycles. The van der Waals surface area contributed by atoms with Crippen LogP contribution in [0.15, 0.2) is 0 Å². The van der Waals surface area contributed by atoms with Crippen LogP contribution in [-0.4, -0.2) is 27.8 Å². The van der Waals surface area contributed by atoms with Crippen molar-refractivity contribution in [3.05, 3.63) is 0 Å². The van der Waals surface area contributed by atoms with Gasteiger partial charge in [-0.1, -0.05) is 39.5 Å². The number of nitrogens with one attached hydrogen (secondary N) is 1. The highest BCUT2D eigenvalue weighted by Crippen LogP contribution is 2.23. The van der Waals surface area contributed by atoms with Gasteiger partial charge in [-0.05, 0) is 32.2 Å². The third-order valence-corrected chi connectivity index (χ3v) is 5.58. The Morgan fingerprint density at radius 2 is 1.88 bits per heavy atom. The first-order valence-electron chi connectivity index (χ1n) is 7.40. The minimum absolute atomic E-state index is 0.423. The lowest BCUT2D eigenvalue weighted by molar-refractivity contribution is 0.379. The van der Waals surface area contributed by atoms with Crippen molar-refractivity contribution in [2.24, 2.45) is 0 Å². The Morgan fingerprint density at radius 3 is 2.59 bits per heavy atom. The molecule has 0 aromatic rings. The molecule has 3 atom stereocenters. The van der Waals surface area contributed by atoms with Gasteiger partial charge in [0.2, 0.25) is 0 Å². The van der Waals surface area contributed by atoms with Gasteiger partial charge in [-0.25, -0.2) is 0 Å². The number of rotatable bonds is 8. The Balaban J connectivity index is 2.37. The van der Waals surface area contributed by atoms with E-state index < -0.39 is 10.8 Å². The number of hydrogen-bond acceptors (Lipinski definition) is 2. The Morgan fingerprint density at radius 1 is 1.12 bits per heavy atom. The minimum atomic E-state index is -0.604. The van der Waals surface area contributed by atoms with E-state index in [4.69, 9.17) is 0 Å². The lowest BCUT2D eigenvalue weighted by Gasteiger charge is -2.31. The molecule has 1 saturated carbocycles. The van der Waals surface area contributed by atoms with Crippen molar-refractivity contribution in [1.82, 2.24) is 5.32 Å². The monoisotopic (exact) mass is 259 g/mol. The molecule has 0 bridgehead atoms. The van der Waals surface area contributed by atoms with Crippen LogP contribution in [0.1, 0.15) is 65.2 Å². The van der Waals surface area contributed by atoms with Gasteiger partial charge in [-0.2, -0.15) is 0 Å². The molecule has 1 aliphatic carbocycles. The molecule has 1 rings (SSSR count). The van der Waals surface area contributed by atoms with Crippen molar-refractivity contribution in [2.45, 2.75) is 76.5 Å². The van der Waals surface area contributed by atoms with Crippen molar-refractivity contribution in [3.63, 3.8) is 0 Å². The standard InChI is InChI=1S/C14H29NOS/c1-3-5-8-12-17(16)14-10-7-6-9-13(14)15-11-4-2/h13-15H,3-12H2,1-2H3. The second-order valence-electron chi connectivity index (χ2n) is 5.18. The molecule has 0 spiro atoms. The zero-order valence-corrected chi connectivity index (χ0v) is 12.4. The molecule has 2 nitrogen and oxygen atoms in total. The molecule has 3 unspecified atom stereocenters. The van der Waals surface area contributed by atoms with Gasteiger partial charge in [-0.15, -0.1) is 0 Å². The predicted octanol–water partition coefficient (Wildman–Crippen LogP) is 3.24. The van der Waals surface area contributed by atoms with Gasteiger partial charge in [0.1, 0.15) is 0 Å². The van der Waals surface area contributed by atoms with Crippen LogP contribution in [0, 0.1) is 0 Å². The molecular formula is C14H29NOS. The summed E-state index contributed by atoms with van der Waals surface area (Å²) in [5.74, 6) is 0.919. The summed E-state index contributed by atoms with van der Waals surface area (Å²) in [5.41, 5.74) is 0. The topological polar surface area (TPSA) is 29.1 Å². The predicted molar refractivity (Wildman–Crippen MR) is 76.9 cm³/mol. The van der Waals surface area contributed by atoms with Crippen LogP contribution < -0.4 is 5.32 Å². The fraction of sp³-hybridized carbons (Fsp3) is 1.00. The summed E-state index contributed by atoms with van der Waals surface area (Å²) < 4.78 is 12.3. The number of hydrogen-bond donors (Lipinski definition) is 1. The average Bonchev–Trinajstić information content (AvgIpc) is 2.37. The SMILES string of the molecule is CCCCCS(=O)C1CCCCC1NCCC. The van der Waals surface area contributed by atoms with Gasteiger partial charge in [0, 0.05) is 22.6 Å². The summed E-state index contributed by atoms with van der Waals surface area (Å²) in [4.78, 5) is 0. The van der Waals surface area contributed by atoms with Crippen LogP contribution >= 0.6 is 0 Å². The van der Waals surface area contributed by atoms with Gasteiger partial charge >= 0.3 is 0 Å². The van der Waals surface area contributed by atoms with Crippen LogP contribution in [0.25, 0.3) is 0 Å². The third kappa shape index (κ3) is 5.52. The minimum Gasteiger partial charge on any atom is -0.313 e. The zero-order chi connectivity index (χ0) is 12.5. The molecule has 17 heavy (non-hydrogen) atoms. The van der Waals surface area contributed by atoms with E-state index >= 15 is 0 Å². The molecule has 1 aliphatic rings. The van der Waals surface area contributed by atoms with E-state index in [1.807, 2.05) is 0 Å². The third-order valence-electron chi connectivity index (χ3n) is 3.65. The zero-order valence-electron chi connectivity index (χ0n) is 11.5. The van der Waals surface area contributed by atoms with Crippen molar-refractivity contribution in [3.8, 4) is 0 Å². The van der Waals surface area contributed by atoms with Crippen LogP contribution in [0.4, 0.5) is 0 Å². The van der Waals surface area contributed by atoms with E-state index in [1.165, 1.54) is 44.9 Å². The summed E-state index contributed by atoms with van der Waals surface area (Å²) in [6.45, 7) is 5.48. The quantitative estimate of drug-likeness (QED) is 0.678. The van der Waals surface area contributed by atoms with Crippen molar-refractivity contribution in [1.29, 1.82) is 0 Å². The first-order chi connectivity index (χ1) is 8.29. The molecule has 1 N–H and O–H groups in total. The Hall–Kier alpha value is 0.110. The second-order valence-corrected chi connectivity index (χ2v) is 6.95. The number of unbranched alkanes of at least 4 members (excludes halogenated alkanes) is 2. The van der Waals surface area contributed by atoms with Gasteiger partial charge in [0.15, 0.2) is 0 Å². The largest absolute Gasteiger partial charge is 0.313 e. The smallest absolute Gasteiger partial charge is 0.0501 e. The van der Waals surface area contributed by atoms with Crippen LogP contribution in [0.5, 0.6) is 0 Å². The van der Waals surface area contributed by atoms with Crippen LogP contribution in [0.2, 0.25) is 0 Å². The van der Waals surface area contributed by atoms with E-state index in [9.17, 15) is 4.21 Å². The normalized spacial score (nSPS) is 26.9. The lowest BCUT2D eigenvalue weighted by atomic mass is 9.95. The Bertz CT molecular complexity index is 220. The Labute approximate surface area is 109 Å². The molecule has 0 heterocycles. The fourth-order valence-electron chi connectivity index (χ4n) is 2.62. The highest BCUT2D eigenvalue weighted by Gasteiger charge is 2.28. The van der Waals surface area contributed by atoms with E-state index in [0.717, 1.165) is 18.7 Å². The molecule has 0 aliphatic heterocycles. The highest BCUT2D eigenvalue weighted by atomic mass is 32.2. The molecule has 0 amide bonds. The van der Waals surface area contributed by atoms with Gasteiger partial charge < -0.3 is 5.32 Å². The van der Waals surface area contributed by atoms with E-state index in [-0.39, 0.29) is 0 Å². The Kier molecular flexibility index (Phi) is 8.12. The van der Waals surface area contributed by atoms with Crippen molar-refractivity contribution in [2.75, 3.05) is 12.3 Å². The van der Waals surface area contributed by atoms with Gasteiger partial charge in [0.25, 0.3) is 0 Å². The lowest BCUT2D eigenvalue weighted by Crippen LogP contribution is -2.45. The molecule has 0 radical (unpaired) electrons. The summed E-state index contributed by atoms with van der Waals surface area (Å²) in [6.07, 6.45) is 9.74. The summed E-state index contributed by atoms with van der Waals surface area (Å²) in [5, 5.41) is 4.02. The molecule has 102 valence electrons. The van der Waals surface area contributed by atoms with E-state index in [1.54, 1.807) is 0 Å². The van der Waals surface area contributed by atoms with Gasteiger partial charge in [0.05, 0.1) is 5.25 Å². The van der Waals surface area contributed by atoms with Gasteiger partial charge in [-0.3, -0.25) is 4.21 Å². The van der Waals surface area contributed by atoms with Crippen LogP contribution in [0.3, 0.4) is 0 Å². The highest BCUT2D eigenvalue weighted by molar-refractivity contribution is 7.85. The fourth-order valence-corrected chi connectivity index (χ4v) is 4.44. The van der Waals surface area contributed by atoms with E-state index in [0.29, 0.717) is 11.3 Å². The first-order valence-corrected chi connectivity index (χ1v) is 8.78. The summed E-state index contributed by atoms with van der Waals surface area (Å²) >= 11 is 0. The molecule has 0 saturated heterocycles. The molecule has 0 aromatic heterocycles. The second kappa shape index (κ2) is 9.09. The van der Waals surface area contributed by atoms with Crippen molar-refractivity contribution < 1.29 is 4.21 Å². The summed E-state index contributed by atoms with van der Waals surface area (Å²) in [7, 11) is -0.604. The van der Waals surface area contributed by atoms with Crippen LogP contribution in [-0.2, 0) is 10.8 Å². The summed E-state index contributed by atoms with van der Waals surface area (Å²) in [6, 6.07) is 0.520. The maximum absolute atomic E-state index is 12.3. The average molecular weight is 259 g/mol. The van der Waals surface area contributed by atoms with Crippen molar-refractivity contribution >= 4 is 10.8 Å². The molecular weight excluding hydrogens is 230 g/mol.